The van der Waals surface area contributed by atoms with Gasteiger partial charge in [0.05, 0.1) is 18.2 Å². The van der Waals surface area contributed by atoms with E-state index in [1.807, 2.05) is 28.0 Å². The minimum atomic E-state index is -0.0669. The van der Waals surface area contributed by atoms with Crippen LogP contribution < -0.4 is 0 Å². The van der Waals surface area contributed by atoms with Crippen molar-refractivity contribution in [1.82, 2.24) is 19.7 Å². The lowest BCUT2D eigenvalue weighted by atomic mass is 9.95. The van der Waals surface area contributed by atoms with Crippen LogP contribution >= 0.6 is 0 Å². The topological polar surface area (TPSA) is 56.8 Å². The van der Waals surface area contributed by atoms with Crippen LogP contribution in [0.2, 0.25) is 0 Å². The Balaban J connectivity index is 1.27. The molecule has 2 saturated heterocycles. The second-order valence-corrected chi connectivity index (χ2v) is 8.61. The standard InChI is InChI=1S/C22H32N4O2/c27-21-9-8-19(16-26(21)17-20-7-3-4-10-23-20)22(28)25-13-11-24(12-14-25)15-18-5-1-2-6-18/h3-4,7,10,18-19H,1-2,5-6,8-9,11-17H2. The quantitative estimate of drug-likeness (QED) is 0.781. The third-order valence-electron chi connectivity index (χ3n) is 6.60. The number of rotatable bonds is 5. The molecule has 3 aliphatic rings. The molecule has 152 valence electrons. The Morgan fingerprint density at radius 1 is 1.07 bits per heavy atom. The summed E-state index contributed by atoms with van der Waals surface area (Å²) >= 11 is 0. The summed E-state index contributed by atoms with van der Waals surface area (Å²) in [6.45, 7) is 5.87. The Morgan fingerprint density at radius 3 is 2.57 bits per heavy atom. The van der Waals surface area contributed by atoms with Gasteiger partial charge in [-0.25, -0.2) is 0 Å². The van der Waals surface area contributed by atoms with Gasteiger partial charge in [0.25, 0.3) is 0 Å². The maximum atomic E-state index is 13.1. The second kappa shape index (κ2) is 9.03. The highest BCUT2D eigenvalue weighted by Gasteiger charge is 2.34. The molecule has 6 nitrogen and oxygen atoms in total. The molecule has 3 heterocycles. The predicted octanol–water partition coefficient (Wildman–Crippen LogP) is 2.15. The molecule has 0 bridgehead atoms. The van der Waals surface area contributed by atoms with E-state index in [2.05, 4.69) is 9.88 Å². The van der Waals surface area contributed by atoms with E-state index >= 15 is 0 Å². The number of piperidine rings is 1. The highest BCUT2D eigenvalue weighted by molar-refractivity contribution is 5.84. The Kier molecular flexibility index (Phi) is 6.25. The van der Waals surface area contributed by atoms with Crippen molar-refractivity contribution in [2.45, 2.75) is 45.1 Å². The number of likely N-dealkylation sites (tertiary alicyclic amines) is 1. The third-order valence-corrected chi connectivity index (χ3v) is 6.60. The summed E-state index contributed by atoms with van der Waals surface area (Å²) in [6, 6.07) is 5.74. The van der Waals surface area contributed by atoms with E-state index in [1.165, 1.54) is 32.2 Å². The van der Waals surface area contributed by atoms with Gasteiger partial charge in [0, 0.05) is 51.9 Å². The molecule has 0 spiro atoms. The average molecular weight is 385 g/mol. The monoisotopic (exact) mass is 384 g/mol. The molecule has 2 aliphatic heterocycles. The fourth-order valence-corrected chi connectivity index (χ4v) is 4.92. The lowest BCUT2D eigenvalue weighted by Crippen LogP contribution is -2.53. The van der Waals surface area contributed by atoms with Crippen LogP contribution in [0.1, 0.15) is 44.2 Å². The van der Waals surface area contributed by atoms with Crippen LogP contribution in [0.25, 0.3) is 0 Å². The Bertz CT molecular complexity index is 666. The number of nitrogens with zero attached hydrogens (tertiary/aromatic N) is 4. The summed E-state index contributed by atoms with van der Waals surface area (Å²) in [7, 11) is 0. The van der Waals surface area contributed by atoms with E-state index < -0.39 is 0 Å². The van der Waals surface area contributed by atoms with Gasteiger partial charge in [-0.15, -0.1) is 0 Å². The SMILES string of the molecule is O=C1CCC(C(=O)N2CCN(CC3CCCC3)CC2)CN1Cc1ccccn1. The number of pyridine rings is 1. The van der Waals surface area contributed by atoms with Gasteiger partial charge in [0.2, 0.25) is 11.8 Å². The van der Waals surface area contributed by atoms with Crippen molar-refractivity contribution in [2.75, 3.05) is 39.3 Å². The van der Waals surface area contributed by atoms with Gasteiger partial charge >= 0.3 is 0 Å². The van der Waals surface area contributed by atoms with Gasteiger partial charge < -0.3 is 9.80 Å². The molecule has 1 saturated carbocycles. The molecule has 1 aliphatic carbocycles. The highest BCUT2D eigenvalue weighted by atomic mass is 16.2. The van der Waals surface area contributed by atoms with Gasteiger partial charge in [-0.05, 0) is 37.3 Å². The number of carbonyl (C=O) groups excluding carboxylic acids is 2. The van der Waals surface area contributed by atoms with E-state index in [9.17, 15) is 9.59 Å². The maximum Gasteiger partial charge on any atom is 0.227 e. The fraction of sp³-hybridized carbons (Fsp3) is 0.682. The van der Waals surface area contributed by atoms with Crippen molar-refractivity contribution in [1.29, 1.82) is 0 Å². The molecular weight excluding hydrogens is 352 g/mol. The van der Waals surface area contributed by atoms with E-state index in [0.29, 0.717) is 25.9 Å². The summed E-state index contributed by atoms with van der Waals surface area (Å²) in [6.07, 6.45) is 8.42. The average Bonchev–Trinajstić information content (AvgIpc) is 3.24. The van der Waals surface area contributed by atoms with Gasteiger partial charge in [-0.1, -0.05) is 18.9 Å². The van der Waals surface area contributed by atoms with Crippen LogP contribution in [-0.4, -0.2) is 70.8 Å². The van der Waals surface area contributed by atoms with E-state index in [0.717, 1.165) is 37.8 Å². The Hall–Kier alpha value is -1.95. The smallest absolute Gasteiger partial charge is 0.227 e. The minimum absolute atomic E-state index is 0.0669. The molecule has 4 rings (SSSR count). The van der Waals surface area contributed by atoms with Crippen LogP contribution in [0.15, 0.2) is 24.4 Å². The lowest BCUT2D eigenvalue weighted by Gasteiger charge is -2.39. The molecule has 2 amide bonds. The van der Waals surface area contributed by atoms with Crippen LogP contribution in [0.3, 0.4) is 0 Å². The molecule has 0 aromatic carbocycles. The molecule has 6 heteroatoms. The predicted molar refractivity (Wildman–Crippen MR) is 107 cm³/mol. The van der Waals surface area contributed by atoms with Gasteiger partial charge in [0.1, 0.15) is 0 Å². The van der Waals surface area contributed by atoms with Crippen molar-refractivity contribution in [3.05, 3.63) is 30.1 Å². The second-order valence-electron chi connectivity index (χ2n) is 8.61. The molecule has 1 aromatic rings. The van der Waals surface area contributed by atoms with E-state index in [4.69, 9.17) is 0 Å². The van der Waals surface area contributed by atoms with Gasteiger partial charge in [-0.2, -0.15) is 0 Å². The number of hydrogen-bond acceptors (Lipinski definition) is 4. The molecule has 3 fully saturated rings. The number of carbonyl (C=O) groups is 2. The molecule has 1 atom stereocenters. The first kappa shape index (κ1) is 19.4. The summed E-state index contributed by atoms with van der Waals surface area (Å²) < 4.78 is 0. The normalized spacial score (nSPS) is 24.7. The molecule has 0 radical (unpaired) electrons. The van der Waals surface area contributed by atoms with Crippen molar-refractivity contribution in [3.63, 3.8) is 0 Å². The molecule has 28 heavy (non-hydrogen) atoms. The summed E-state index contributed by atoms with van der Waals surface area (Å²) in [4.78, 5) is 36.1. The highest BCUT2D eigenvalue weighted by Crippen LogP contribution is 2.26. The van der Waals surface area contributed by atoms with E-state index in [-0.39, 0.29) is 17.7 Å². The maximum absolute atomic E-state index is 13.1. The van der Waals surface area contributed by atoms with Crippen LogP contribution in [0.4, 0.5) is 0 Å². The number of aromatic nitrogens is 1. The van der Waals surface area contributed by atoms with Crippen LogP contribution in [-0.2, 0) is 16.1 Å². The zero-order chi connectivity index (χ0) is 19.3. The van der Waals surface area contributed by atoms with Crippen LogP contribution in [0.5, 0.6) is 0 Å². The Morgan fingerprint density at radius 2 is 1.86 bits per heavy atom. The zero-order valence-corrected chi connectivity index (χ0v) is 16.8. The lowest BCUT2D eigenvalue weighted by molar-refractivity contribution is -0.144. The first-order valence-electron chi connectivity index (χ1n) is 10.9. The first-order chi connectivity index (χ1) is 13.7. The van der Waals surface area contributed by atoms with Crippen molar-refractivity contribution >= 4 is 11.8 Å². The molecular formula is C22H32N4O2. The summed E-state index contributed by atoms with van der Waals surface area (Å²) in [5, 5.41) is 0. The van der Waals surface area contributed by atoms with E-state index in [1.54, 1.807) is 6.20 Å². The molecule has 0 N–H and O–H groups in total. The third kappa shape index (κ3) is 4.72. The zero-order valence-electron chi connectivity index (χ0n) is 16.8. The van der Waals surface area contributed by atoms with Crippen molar-refractivity contribution < 1.29 is 9.59 Å². The minimum Gasteiger partial charge on any atom is -0.340 e. The molecule has 1 unspecified atom stereocenters. The van der Waals surface area contributed by atoms with Crippen molar-refractivity contribution in [3.8, 4) is 0 Å². The van der Waals surface area contributed by atoms with Gasteiger partial charge in [-0.3, -0.25) is 19.5 Å². The largest absolute Gasteiger partial charge is 0.340 e. The molecule has 1 aromatic heterocycles. The Labute approximate surface area is 167 Å². The summed E-state index contributed by atoms with van der Waals surface area (Å²) in [5.74, 6) is 1.17. The number of piperazine rings is 1. The first-order valence-corrected chi connectivity index (χ1v) is 10.9. The number of hydrogen-bond donors (Lipinski definition) is 0. The summed E-state index contributed by atoms with van der Waals surface area (Å²) in [5.41, 5.74) is 0.879. The van der Waals surface area contributed by atoms with Crippen molar-refractivity contribution in [2.24, 2.45) is 11.8 Å². The number of amides is 2. The fourth-order valence-electron chi connectivity index (χ4n) is 4.92. The van der Waals surface area contributed by atoms with Gasteiger partial charge in [0.15, 0.2) is 0 Å². The van der Waals surface area contributed by atoms with Crippen LogP contribution in [0, 0.1) is 11.8 Å².